The van der Waals surface area contributed by atoms with Gasteiger partial charge in [0, 0.05) is 24.3 Å². The van der Waals surface area contributed by atoms with Crippen LogP contribution in [0.3, 0.4) is 0 Å². The van der Waals surface area contributed by atoms with Crippen molar-refractivity contribution in [3.63, 3.8) is 0 Å². The van der Waals surface area contributed by atoms with Gasteiger partial charge in [0.2, 0.25) is 10.0 Å². The molecule has 0 radical (unpaired) electrons. The van der Waals surface area contributed by atoms with Crippen LogP contribution < -0.4 is 5.32 Å². The first kappa shape index (κ1) is 22.6. The molecule has 156 valence electrons. The molecule has 0 aliphatic heterocycles. The Hall–Kier alpha value is -2.71. The first-order valence-corrected chi connectivity index (χ1v) is 11.0. The molecule has 0 unspecified atom stereocenters. The van der Waals surface area contributed by atoms with E-state index in [9.17, 15) is 18.0 Å². The lowest BCUT2D eigenvalue weighted by molar-refractivity contribution is 0.0505. The Morgan fingerprint density at radius 1 is 0.897 bits per heavy atom. The molecule has 0 fully saturated rings. The molecule has 0 spiro atoms. The average Bonchev–Trinajstić information content (AvgIpc) is 2.73. The summed E-state index contributed by atoms with van der Waals surface area (Å²) in [4.78, 5) is 24.4. The predicted octanol–water partition coefficient (Wildman–Crippen LogP) is 3.54. The molecule has 8 heteroatoms. The number of benzene rings is 2. The highest BCUT2D eigenvalue weighted by molar-refractivity contribution is 7.89. The molecular weight excluding hydrogens is 392 g/mol. The van der Waals surface area contributed by atoms with Gasteiger partial charge in [0.05, 0.1) is 17.1 Å². The number of nitrogens with zero attached hydrogens (tertiary/aromatic N) is 1. The van der Waals surface area contributed by atoms with Gasteiger partial charge in [0.25, 0.3) is 5.91 Å². The fraction of sp³-hybridized carbons (Fsp3) is 0.333. The summed E-state index contributed by atoms with van der Waals surface area (Å²) in [6, 6.07) is 12.2. The molecule has 0 bridgehead atoms. The lowest BCUT2D eigenvalue weighted by atomic mass is 10.2. The minimum atomic E-state index is -3.56. The molecule has 1 N–H and O–H groups in total. The van der Waals surface area contributed by atoms with Crippen molar-refractivity contribution in [2.45, 2.75) is 32.1 Å². The highest BCUT2D eigenvalue weighted by Gasteiger charge is 2.21. The average molecular weight is 419 g/mol. The van der Waals surface area contributed by atoms with Gasteiger partial charge in [-0.15, -0.1) is 0 Å². The van der Waals surface area contributed by atoms with Gasteiger partial charge < -0.3 is 10.1 Å². The normalized spacial score (nSPS) is 11.3. The zero-order valence-corrected chi connectivity index (χ0v) is 17.7. The highest BCUT2D eigenvalue weighted by Crippen LogP contribution is 2.17. The maximum Gasteiger partial charge on any atom is 0.338 e. The smallest absolute Gasteiger partial charge is 0.338 e. The number of esters is 1. The van der Waals surface area contributed by atoms with Gasteiger partial charge in [0.15, 0.2) is 0 Å². The third-order valence-corrected chi connectivity index (χ3v) is 6.34. The molecule has 2 rings (SSSR count). The zero-order valence-electron chi connectivity index (χ0n) is 16.8. The van der Waals surface area contributed by atoms with E-state index >= 15 is 0 Å². The largest absolute Gasteiger partial charge is 0.462 e. The first-order valence-electron chi connectivity index (χ1n) is 9.52. The van der Waals surface area contributed by atoms with E-state index in [1.54, 1.807) is 38.1 Å². The summed E-state index contributed by atoms with van der Waals surface area (Å²) >= 11 is 0. The second kappa shape index (κ2) is 10.2. The van der Waals surface area contributed by atoms with Gasteiger partial charge >= 0.3 is 5.97 Å². The standard InChI is InChI=1S/C21H26N2O5S/c1-4-15-28-21(25)17-7-11-18(12-8-17)22-20(24)16-9-13-19(14-10-16)29(26,27)23(5-2)6-3/h7-14H,4-6,15H2,1-3H3,(H,22,24). The van der Waals surface area contributed by atoms with Crippen LogP contribution in [0.25, 0.3) is 0 Å². The fourth-order valence-corrected chi connectivity index (χ4v) is 4.12. The number of ether oxygens (including phenoxy) is 1. The zero-order chi connectivity index (χ0) is 21.4. The van der Waals surface area contributed by atoms with Crippen molar-refractivity contribution in [2.24, 2.45) is 0 Å². The van der Waals surface area contributed by atoms with E-state index in [0.29, 0.717) is 36.5 Å². The van der Waals surface area contributed by atoms with Gasteiger partial charge in [0.1, 0.15) is 0 Å². The fourth-order valence-electron chi connectivity index (χ4n) is 2.66. The monoisotopic (exact) mass is 418 g/mol. The van der Waals surface area contributed by atoms with Crippen molar-refractivity contribution in [3.05, 3.63) is 59.7 Å². The quantitative estimate of drug-likeness (QED) is 0.629. The van der Waals surface area contributed by atoms with Crippen molar-refractivity contribution < 1.29 is 22.7 Å². The number of rotatable bonds is 9. The number of hydrogen-bond acceptors (Lipinski definition) is 5. The van der Waals surface area contributed by atoms with E-state index in [-0.39, 0.29) is 10.8 Å². The predicted molar refractivity (Wildman–Crippen MR) is 112 cm³/mol. The van der Waals surface area contributed by atoms with Crippen molar-refractivity contribution in [3.8, 4) is 0 Å². The van der Waals surface area contributed by atoms with E-state index < -0.39 is 16.0 Å². The number of carbonyl (C=O) groups is 2. The molecule has 0 saturated carbocycles. The number of amides is 1. The van der Waals surface area contributed by atoms with E-state index in [0.717, 1.165) is 6.42 Å². The summed E-state index contributed by atoms with van der Waals surface area (Å²) in [5, 5.41) is 2.72. The second-order valence-electron chi connectivity index (χ2n) is 6.28. The molecule has 0 heterocycles. The number of nitrogens with one attached hydrogen (secondary N) is 1. The van der Waals surface area contributed by atoms with Crippen LogP contribution in [0, 0.1) is 0 Å². The molecule has 29 heavy (non-hydrogen) atoms. The van der Waals surface area contributed by atoms with Crippen LogP contribution in [-0.2, 0) is 14.8 Å². The summed E-state index contributed by atoms with van der Waals surface area (Å²) in [6.07, 6.45) is 0.745. The van der Waals surface area contributed by atoms with Crippen LogP contribution in [0.4, 0.5) is 5.69 Å². The molecule has 0 aliphatic carbocycles. The molecule has 0 aliphatic rings. The maximum atomic E-state index is 12.5. The molecule has 2 aromatic carbocycles. The lowest BCUT2D eigenvalue weighted by Gasteiger charge is -2.18. The number of hydrogen-bond donors (Lipinski definition) is 1. The number of anilines is 1. The molecule has 7 nitrogen and oxygen atoms in total. The van der Waals surface area contributed by atoms with Crippen LogP contribution in [0.5, 0.6) is 0 Å². The number of carbonyl (C=O) groups excluding carboxylic acids is 2. The minimum absolute atomic E-state index is 0.146. The van der Waals surface area contributed by atoms with E-state index in [4.69, 9.17) is 4.74 Å². The third-order valence-electron chi connectivity index (χ3n) is 4.28. The van der Waals surface area contributed by atoms with Crippen molar-refractivity contribution in [1.82, 2.24) is 4.31 Å². The number of sulfonamides is 1. The molecule has 0 saturated heterocycles. The Morgan fingerprint density at radius 3 is 1.97 bits per heavy atom. The summed E-state index contributed by atoms with van der Waals surface area (Å²) < 4.78 is 31.4. The SMILES string of the molecule is CCCOC(=O)c1ccc(NC(=O)c2ccc(S(=O)(=O)N(CC)CC)cc2)cc1. The van der Waals surface area contributed by atoms with Crippen molar-refractivity contribution in [1.29, 1.82) is 0 Å². The molecule has 1 amide bonds. The highest BCUT2D eigenvalue weighted by atomic mass is 32.2. The Balaban J connectivity index is 2.07. The third kappa shape index (κ3) is 5.65. The minimum Gasteiger partial charge on any atom is -0.462 e. The maximum absolute atomic E-state index is 12.5. The van der Waals surface area contributed by atoms with E-state index in [2.05, 4.69) is 5.32 Å². The van der Waals surface area contributed by atoms with Gasteiger partial charge in [-0.05, 0) is 55.0 Å². The molecule has 2 aromatic rings. The summed E-state index contributed by atoms with van der Waals surface area (Å²) in [5.74, 6) is -0.784. The van der Waals surface area contributed by atoms with Gasteiger partial charge in [-0.25, -0.2) is 13.2 Å². The summed E-state index contributed by atoms with van der Waals surface area (Å²) in [7, 11) is -3.56. The van der Waals surface area contributed by atoms with Crippen LogP contribution in [-0.4, -0.2) is 44.3 Å². The van der Waals surface area contributed by atoms with Crippen LogP contribution in [0.2, 0.25) is 0 Å². The molecule has 0 aromatic heterocycles. The van der Waals surface area contributed by atoms with Gasteiger partial charge in [-0.1, -0.05) is 20.8 Å². The Labute approximate surface area is 171 Å². The Morgan fingerprint density at radius 2 is 1.45 bits per heavy atom. The Bertz CT molecular complexity index is 934. The van der Waals surface area contributed by atoms with Crippen molar-refractivity contribution >= 4 is 27.6 Å². The summed E-state index contributed by atoms with van der Waals surface area (Å²) in [5.41, 5.74) is 1.25. The van der Waals surface area contributed by atoms with E-state index in [1.165, 1.54) is 28.6 Å². The van der Waals surface area contributed by atoms with Crippen LogP contribution in [0.1, 0.15) is 47.9 Å². The topological polar surface area (TPSA) is 92.8 Å². The first-order chi connectivity index (χ1) is 13.8. The Kier molecular flexibility index (Phi) is 7.92. The van der Waals surface area contributed by atoms with Gasteiger partial charge in [-0.2, -0.15) is 4.31 Å². The van der Waals surface area contributed by atoms with Gasteiger partial charge in [-0.3, -0.25) is 4.79 Å². The molecule has 0 atom stereocenters. The van der Waals surface area contributed by atoms with Crippen LogP contribution in [0.15, 0.2) is 53.4 Å². The van der Waals surface area contributed by atoms with E-state index in [1.807, 2.05) is 6.92 Å². The second-order valence-corrected chi connectivity index (χ2v) is 8.22. The lowest BCUT2D eigenvalue weighted by Crippen LogP contribution is -2.30. The van der Waals surface area contributed by atoms with Crippen molar-refractivity contribution in [2.75, 3.05) is 25.0 Å². The molecular formula is C21H26N2O5S. The summed E-state index contributed by atoms with van der Waals surface area (Å²) in [6.45, 7) is 6.58. The van der Waals surface area contributed by atoms with Crippen LogP contribution >= 0.6 is 0 Å².